The van der Waals surface area contributed by atoms with Crippen molar-refractivity contribution < 1.29 is 14.6 Å². The van der Waals surface area contributed by atoms with Gasteiger partial charge in [0.2, 0.25) is 0 Å². The number of anilines is 2. The number of para-hydroxylation sites is 1. The Morgan fingerprint density at radius 1 is 1.07 bits per heavy atom. The Bertz CT molecular complexity index is 1010. The van der Waals surface area contributed by atoms with Crippen LogP contribution in [-0.4, -0.2) is 18.1 Å². The number of hydrogen-bond acceptors (Lipinski definition) is 4. The second-order valence-electron chi connectivity index (χ2n) is 6.72. The fourth-order valence-electron chi connectivity index (χ4n) is 3.52. The minimum absolute atomic E-state index is 0.0365. The van der Waals surface area contributed by atoms with Crippen molar-refractivity contribution in [1.82, 2.24) is 0 Å². The van der Waals surface area contributed by atoms with Crippen LogP contribution in [0.1, 0.15) is 34.6 Å². The smallest absolute Gasteiger partial charge is 0.262 e. The van der Waals surface area contributed by atoms with Crippen LogP contribution in [0, 0.1) is 0 Å². The largest absolute Gasteiger partial charge is 0.504 e. The van der Waals surface area contributed by atoms with E-state index in [-0.39, 0.29) is 11.7 Å². The van der Waals surface area contributed by atoms with Crippen molar-refractivity contribution in [3.63, 3.8) is 0 Å². The molecule has 1 atom stereocenters. The second kappa shape index (κ2) is 7.27. The summed E-state index contributed by atoms with van der Waals surface area (Å²) in [7, 11) is 1.51. The maximum absolute atomic E-state index is 13.4. The molecule has 0 fully saturated rings. The SMILES string of the molecule is CCc1ccc(N2C(=O)c3ccccc3N[C@@H]2c2ccc(OC)c(O)c2)cc1. The van der Waals surface area contributed by atoms with Gasteiger partial charge in [-0.05, 0) is 53.9 Å². The molecule has 0 unspecified atom stereocenters. The number of benzene rings is 3. The first-order valence-corrected chi connectivity index (χ1v) is 9.27. The highest BCUT2D eigenvalue weighted by molar-refractivity contribution is 6.12. The van der Waals surface area contributed by atoms with Crippen molar-refractivity contribution in [1.29, 1.82) is 0 Å². The van der Waals surface area contributed by atoms with Crippen molar-refractivity contribution in [3.05, 3.63) is 83.4 Å². The maximum Gasteiger partial charge on any atom is 0.262 e. The topological polar surface area (TPSA) is 61.8 Å². The van der Waals surface area contributed by atoms with Crippen LogP contribution in [0.25, 0.3) is 0 Å². The Balaban J connectivity index is 1.83. The van der Waals surface area contributed by atoms with Crippen LogP contribution in [0.2, 0.25) is 0 Å². The third-order valence-corrected chi connectivity index (χ3v) is 5.07. The molecule has 0 aliphatic carbocycles. The number of carbonyl (C=O) groups is 1. The number of rotatable bonds is 4. The number of aryl methyl sites for hydroxylation is 1. The second-order valence-corrected chi connectivity index (χ2v) is 6.72. The average Bonchev–Trinajstić information content (AvgIpc) is 2.74. The summed E-state index contributed by atoms with van der Waals surface area (Å²) < 4.78 is 5.15. The molecular weight excluding hydrogens is 352 g/mol. The van der Waals surface area contributed by atoms with E-state index in [1.165, 1.54) is 12.7 Å². The molecule has 2 N–H and O–H groups in total. The summed E-state index contributed by atoms with van der Waals surface area (Å²) in [6.45, 7) is 2.10. The van der Waals surface area contributed by atoms with E-state index in [1.54, 1.807) is 17.0 Å². The molecule has 1 aliphatic heterocycles. The third-order valence-electron chi connectivity index (χ3n) is 5.07. The number of nitrogens with one attached hydrogen (secondary N) is 1. The molecule has 142 valence electrons. The Morgan fingerprint density at radius 3 is 2.50 bits per heavy atom. The van der Waals surface area contributed by atoms with Gasteiger partial charge in [0.15, 0.2) is 11.5 Å². The molecule has 28 heavy (non-hydrogen) atoms. The summed E-state index contributed by atoms with van der Waals surface area (Å²) in [6.07, 6.45) is 0.483. The van der Waals surface area contributed by atoms with Crippen LogP contribution in [0.5, 0.6) is 11.5 Å². The van der Waals surface area contributed by atoms with Gasteiger partial charge in [-0.1, -0.05) is 37.3 Å². The number of amides is 1. The lowest BCUT2D eigenvalue weighted by Gasteiger charge is -2.38. The molecule has 5 heteroatoms. The van der Waals surface area contributed by atoms with Crippen molar-refractivity contribution in [3.8, 4) is 11.5 Å². The molecule has 0 aromatic heterocycles. The molecule has 0 saturated carbocycles. The number of nitrogens with zero attached hydrogens (tertiary/aromatic N) is 1. The van der Waals surface area contributed by atoms with Crippen LogP contribution in [0.15, 0.2) is 66.7 Å². The van der Waals surface area contributed by atoms with Crippen molar-refractivity contribution in [2.75, 3.05) is 17.3 Å². The molecule has 1 heterocycles. The predicted octanol–water partition coefficient (Wildman–Crippen LogP) is 4.73. The molecule has 0 radical (unpaired) electrons. The summed E-state index contributed by atoms with van der Waals surface area (Å²) in [4.78, 5) is 15.1. The highest BCUT2D eigenvalue weighted by Crippen LogP contribution is 2.38. The zero-order valence-corrected chi connectivity index (χ0v) is 15.8. The van der Waals surface area contributed by atoms with Crippen LogP contribution in [0.3, 0.4) is 0 Å². The molecule has 5 nitrogen and oxygen atoms in total. The van der Waals surface area contributed by atoms with Gasteiger partial charge >= 0.3 is 0 Å². The fraction of sp³-hybridized carbons (Fsp3) is 0.174. The molecule has 4 rings (SSSR count). The summed E-state index contributed by atoms with van der Waals surface area (Å²) in [5, 5.41) is 13.7. The first-order valence-electron chi connectivity index (χ1n) is 9.27. The van der Waals surface area contributed by atoms with Gasteiger partial charge in [-0.15, -0.1) is 0 Å². The van der Waals surface area contributed by atoms with Crippen LogP contribution in [0.4, 0.5) is 11.4 Å². The summed E-state index contributed by atoms with van der Waals surface area (Å²) in [5.74, 6) is 0.346. The van der Waals surface area contributed by atoms with Gasteiger partial charge in [-0.2, -0.15) is 0 Å². The molecule has 1 amide bonds. The molecule has 0 saturated heterocycles. The number of phenols is 1. The number of carbonyl (C=O) groups excluding carboxylic acids is 1. The number of hydrogen-bond donors (Lipinski definition) is 2. The first-order chi connectivity index (χ1) is 13.6. The third kappa shape index (κ3) is 3.05. The Labute approximate surface area is 164 Å². The van der Waals surface area contributed by atoms with Gasteiger partial charge in [-0.25, -0.2) is 0 Å². The lowest BCUT2D eigenvalue weighted by molar-refractivity contribution is 0.0975. The summed E-state index contributed by atoms with van der Waals surface area (Å²) >= 11 is 0. The Hall–Kier alpha value is -3.47. The highest BCUT2D eigenvalue weighted by Gasteiger charge is 2.34. The lowest BCUT2D eigenvalue weighted by Crippen LogP contribution is -2.43. The number of aromatic hydroxyl groups is 1. The molecule has 0 spiro atoms. The van der Waals surface area contributed by atoms with E-state index >= 15 is 0 Å². The van der Waals surface area contributed by atoms with Crippen molar-refractivity contribution >= 4 is 17.3 Å². The zero-order valence-electron chi connectivity index (χ0n) is 15.8. The van der Waals surface area contributed by atoms with E-state index in [1.807, 2.05) is 54.6 Å². The zero-order chi connectivity index (χ0) is 19.7. The molecule has 0 bridgehead atoms. The van der Waals surface area contributed by atoms with E-state index < -0.39 is 6.17 Å². The number of fused-ring (bicyclic) bond motifs is 1. The number of phenolic OH excluding ortho intramolecular Hbond substituents is 1. The van der Waals surface area contributed by atoms with Crippen LogP contribution in [-0.2, 0) is 6.42 Å². The number of methoxy groups -OCH3 is 1. The van der Waals surface area contributed by atoms with Gasteiger partial charge < -0.3 is 15.2 Å². The fourth-order valence-corrected chi connectivity index (χ4v) is 3.52. The monoisotopic (exact) mass is 374 g/mol. The summed E-state index contributed by atoms with van der Waals surface area (Å²) in [5.41, 5.74) is 4.16. The minimum Gasteiger partial charge on any atom is -0.504 e. The van der Waals surface area contributed by atoms with E-state index in [9.17, 15) is 9.90 Å². The van der Waals surface area contributed by atoms with Gasteiger partial charge in [0.05, 0.1) is 12.7 Å². The predicted molar refractivity (Wildman–Crippen MR) is 110 cm³/mol. The molecule has 3 aromatic rings. The quantitative estimate of drug-likeness (QED) is 0.693. The standard InChI is InChI=1S/C23H22N2O3/c1-3-15-8-11-17(12-9-15)25-22(16-10-13-21(28-2)20(26)14-16)24-19-7-5-4-6-18(19)23(25)27/h4-14,22,24,26H,3H2,1-2H3/t22-/m0/s1. The average molecular weight is 374 g/mol. The van der Waals surface area contributed by atoms with Gasteiger partial charge in [-0.3, -0.25) is 9.69 Å². The van der Waals surface area contributed by atoms with E-state index in [0.29, 0.717) is 11.3 Å². The molecule has 1 aliphatic rings. The maximum atomic E-state index is 13.4. The van der Waals surface area contributed by atoms with Crippen LogP contribution < -0.4 is 15.0 Å². The van der Waals surface area contributed by atoms with Crippen molar-refractivity contribution in [2.45, 2.75) is 19.5 Å². The normalized spacial score (nSPS) is 15.7. The Kier molecular flexibility index (Phi) is 4.65. The van der Waals surface area contributed by atoms with Gasteiger partial charge in [0, 0.05) is 11.4 Å². The van der Waals surface area contributed by atoms with Gasteiger partial charge in [0.25, 0.3) is 5.91 Å². The highest BCUT2D eigenvalue weighted by atomic mass is 16.5. The van der Waals surface area contributed by atoms with Crippen molar-refractivity contribution in [2.24, 2.45) is 0 Å². The summed E-state index contributed by atoms with van der Waals surface area (Å²) in [6, 6.07) is 20.6. The molecule has 3 aromatic carbocycles. The minimum atomic E-state index is -0.452. The Morgan fingerprint density at radius 2 is 1.82 bits per heavy atom. The molecular formula is C23H22N2O3. The lowest BCUT2D eigenvalue weighted by atomic mass is 10.0. The van der Waals surface area contributed by atoms with E-state index in [0.717, 1.165) is 23.4 Å². The number of ether oxygens (including phenoxy) is 1. The first kappa shape index (κ1) is 17.9. The van der Waals surface area contributed by atoms with E-state index in [4.69, 9.17) is 4.74 Å². The van der Waals surface area contributed by atoms with E-state index in [2.05, 4.69) is 12.2 Å². The van der Waals surface area contributed by atoms with Crippen LogP contribution >= 0.6 is 0 Å². The van der Waals surface area contributed by atoms with Gasteiger partial charge in [0.1, 0.15) is 6.17 Å².